The Bertz CT molecular complexity index is 467. The van der Waals surface area contributed by atoms with Crippen LogP contribution in [0.2, 0.25) is 0 Å². The van der Waals surface area contributed by atoms with Gasteiger partial charge in [-0.3, -0.25) is 0 Å². The van der Waals surface area contributed by atoms with Gasteiger partial charge in [-0.1, -0.05) is 30.3 Å². The van der Waals surface area contributed by atoms with E-state index in [0.717, 1.165) is 12.3 Å². The fraction of sp³-hybridized carbons (Fsp3) is 0.200. The molecule has 0 aliphatic heterocycles. The maximum Gasteiger partial charge on any atom is 0.119 e. The van der Waals surface area contributed by atoms with E-state index in [-0.39, 0.29) is 0 Å². The molecule has 2 rings (SSSR count). The molecule has 0 saturated heterocycles. The Balaban J connectivity index is 2.10. The van der Waals surface area contributed by atoms with Crippen molar-refractivity contribution in [3.05, 3.63) is 60.2 Å². The van der Waals surface area contributed by atoms with Gasteiger partial charge >= 0.3 is 0 Å². The van der Waals surface area contributed by atoms with Gasteiger partial charge in [0.2, 0.25) is 0 Å². The lowest BCUT2D eigenvalue weighted by Gasteiger charge is -2.19. The van der Waals surface area contributed by atoms with Crippen molar-refractivity contribution in [2.24, 2.45) is 0 Å². The third kappa shape index (κ3) is 3.00. The summed E-state index contributed by atoms with van der Waals surface area (Å²) >= 11 is 0. The summed E-state index contributed by atoms with van der Waals surface area (Å²) in [6.45, 7) is 0.876. The minimum absolute atomic E-state index is 0.876. The first-order valence-corrected chi connectivity index (χ1v) is 5.69. The van der Waals surface area contributed by atoms with Crippen molar-refractivity contribution in [3.8, 4) is 5.75 Å². The molecule has 0 aliphatic carbocycles. The van der Waals surface area contributed by atoms with E-state index in [2.05, 4.69) is 48.3 Å². The second kappa shape index (κ2) is 5.39. The predicted molar refractivity (Wildman–Crippen MR) is 71.5 cm³/mol. The minimum Gasteiger partial charge on any atom is -0.497 e. The number of rotatable bonds is 4. The molecule has 0 saturated carbocycles. The average Bonchev–Trinajstić information content (AvgIpc) is 2.40. The van der Waals surface area contributed by atoms with Gasteiger partial charge in [0.15, 0.2) is 0 Å². The normalized spacial score (nSPS) is 10.0. The van der Waals surface area contributed by atoms with Crippen LogP contribution in [0.1, 0.15) is 5.56 Å². The van der Waals surface area contributed by atoms with Crippen molar-refractivity contribution in [1.29, 1.82) is 0 Å². The summed E-state index contributed by atoms with van der Waals surface area (Å²) in [5, 5.41) is 0. The topological polar surface area (TPSA) is 12.5 Å². The van der Waals surface area contributed by atoms with Crippen molar-refractivity contribution in [2.45, 2.75) is 6.54 Å². The van der Waals surface area contributed by atoms with Crippen molar-refractivity contribution >= 4 is 5.69 Å². The summed E-state index contributed by atoms with van der Waals surface area (Å²) in [6, 6.07) is 18.5. The molecule has 0 atom stereocenters. The zero-order valence-corrected chi connectivity index (χ0v) is 10.3. The standard InChI is InChI=1S/C15H17NO/c1-16(14-8-4-3-5-9-14)12-13-7-6-10-15(11-13)17-2/h3-11H,12H2,1-2H3. The van der Waals surface area contributed by atoms with E-state index in [4.69, 9.17) is 4.74 Å². The predicted octanol–water partition coefficient (Wildman–Crippen LogP) is 3.33. The quantitative estimate of drug-likeness (QED) is 0.794. The maximum absolute atomic E-state index is 5.22. The molecule has 0 amide bonds. The first-order valence-electron chi connectivity index (χ1n) is 5.69. The number of ether oxygens (including phenoxy) is 1. The Kier molecular flexibility index (Phi) is 3.66. The molecule has 0 aliphatic rings. The van der Waals surface area contributed by atoms with Gasteiger partial charge < -0.3 is 9.64 Å². The molecule has 0 aromatic heterocycles. The first-order chi connectivity index (χ1) is 8.29. The van der Waals surface area contributed by atoms with E-state index in [1.807, 2.05) is 18.2 Å². The fourth-order valence-electron chi connectivity index (χ4n) is 1.82. The molecule has 2 aromatic rings. The van der Waals surface area contributed by atoms with Gasteiger partial charge in [0.05, 0.1) is 7.11 Å². The van der Waals surface area contributed by atoms with Crippen LogP contribution >= 0.6 is 0 Å². The molecule has 0 unspecified atom stereocenters. The van der Waals surface area contributed by atoms with Crippen LogP contribution in [-0.2, 0) is 6.54 Å². The van der Waals surface area contributed by atoms with Gasteiger partial charge in [-0.2, -0.15) is 0 Å². The van der Waals surface area contributed by atoms with E-state index < -0.39 is 0 Å². The molecule has 17 heavy (non-hydrogen) atoms. The first kappa shape index (κ1) is 11.5. The molecule has 0 spiro atoms. The highest BCUT2D eigenvalue weighted by Crippen LogP contribution is 2.17. The number of benzene rings is 2. The molecular weight excluding hydrogens is 210 g/mol. The Labute approximate surface area is 102 Å². The van der Waals surface area contributed by atoms with Crippen LogP contribution in [0.25, 0.3) is 0 Å². The average molecular weight is 227 g/mol. The molecule has 0 N–H and O–H groups in total. The molecule has 0 bridgehead atoms. The number of para-hydroxylation sites is 1. The summed E-state index contributed by atoms with van der Waals surface area (Å²) in [7, 11) is 3.79. The van der Waals surface area contributed by atoms with Crippen LogP contribution in [0, 0.1) is 0 Å². The number of hydrogen-bond donors (Lipinski definition) is 0. The molecule has 88 valence electrons. The summed E-state index contributed by atoms with van der Waals surface area (Å²) < 4.78 is 5.22. The Morgan fingerprint density at radius 3 is 2.47 bits per heavy atom. The zero-order valence-electron chi connectivity index (χ0n) is 10.3. The highest BCUT2D eigenvalue weighted by atomic mass is 16.5. The Hall–Kier alpha value is -1.96. The Morgan fingerprint density at radius 1 is 1.00 bits per heavy atom. The highest BCUT2D eigenvalue weighted by molar-refractivity contribution is 5.46. The molecule has 2 heteroatoms. The second-order valence-electron chi connectivity index (χ2n) is 4.04. The van der Waals surface area contributed by atoms with E-state index in [1.54, 1.807) is 7.11 Å². The van der Waals surface area contributed by atoms with Crippen molar-refractivity contribution in [1.82, 2.24) is 0 Å². The van der Waals surface area contributed by atoms with Crippen LogP contribution in [0.4, 0.5) is 5.69 Å². The van der Waals surface area contributed by atoms with Crippen LogP contribution in [0.3, 0.4) is 0 Å². The molecule has 0 heterocycles. The largest absolute Gasteiger partial charge is 0.497 e. The van der Waals surface area contributed by atoms with Gasteiger partial charge in [0, 0.05) is 19.3 Å². The zero-order chi connectivity index (χ0) is 12.1. The van der Waals surface area contributed by atoms with Crippen LogP contribution in [0.15, 0.2) is 54.6 Å². The van der Waals surface area contributed by atoms with Crippen molar-refractivity contribution in [3.63, 3.8) is 0 Å². The van der Waals surface area contributed by atoms with Crippen LogP contribution in [0.5, 0.6) is 5.75 Å². The molecular formula is C15H17NO. The molecule has 0 fully saturated rings. The lowest BCUT2D eigenvalue weighted by molar-refractivity contribution is 0.414. The van der Waals surface area contributed by atoms with Crippen LogP contribution < -0.4 is 9.64 Å². The summed E-state index contributed by atoms with van der Waals surface area (Å²) in [6.07, 6.45) is 0. The van der Waals surface area contributed by atoms with Crippen molar-refractivity contribution < 1.29 is 4.74 Å². The van der Waals surface area contributed by atoms with E-state index >= 15 is 0 Å². The molecule has 2 aromatic carbocycles. The maximum atomic E-state index is 5.22. The van der Waals surface area contributed by atoms with Gasteiger partial charge in [-0.05, 0) is 29.8 Å². The van der Waals surface area contributed by atoms with E-state index in [1.165, 1.54) is 11.3 Å². The summed E-state index contributed by atoms with van der Waals surface area (Å²) in [5.74, 6) is 0.906. The third-order valence-corrected chi connectivity index (χ3v) is 2.75. The van der Waals surface area contributed by atoms with E-state index in [0.29, 0.717) is 0 Å². The highest BCUT2D eigenvalue weighted by Gasteiger charge is 2.02. The fourth-order valence-corrected chi connectivity index (χ4v) is 1.82. The van der Waals surface area contributed by atoms with Gasteiger partial charge in [-0.25, -0.2) is 0 Å². The van der Waals surface area contributed by atoms with Crippen molar-refractivity contribution in [2.75, 3.05) is 19.1 Å². The monoisotopic (exact) mass is 227 g/mol. The lowest BCUT2D eigenvalue weighted by Crippen LogP contribution is -2.16. The molecule has 2 nitrogen and oxygen atoms in total. The lowest BCUT2D eigenvalue weighted by atomic mass is 10.2. The SMILES string of the molecule is COc1cccc(CN(C)c2ccccc2)c1. The minimum atomic E-state index is 0.876. The smallest absolute Gasteiger partial charge is 0.119 e. The number of methoxy groups -OCH3 is 1. The number of anilines is 1. The third-order valence-electron chi connectivity index (χ3n) is 2.75. The van der Waals surface area contributed by atoms with Gasteiger partial charge in [-0.15, -0.1) is 0 Å². The van der Waals surface area contributed by atoms with Crippen LogP contribution in [-0.4, -0.2) is 14.2 Å². The molecule has 0 radical (unpaired) electrons. The second-order valence-corrected chi connectivity index (χ2v) is 4.04. The van der Waals surface area contributed by atoms with Gasteiger partial charge in [0.1, 0.15) is 5.75 Å². The van der Waals surface area contributed by atoms with E-state index in [9.17, 15) is 0 Å². The van der Waals surface area contributed by atoms with Gasteiger partial charge in [0.25, 0.3) is 0 Å². The summed E-state index contributed by atoms with van der Waals surface area (Å²) in [5.41, 5.74) is 2.46. The summed E-state index contributed by atoms with van der Waals surface area (Å²) in [4.78, 5) is 2.22. The number of nitrogens with zero attached hydrogens (tertiary/aromatic N) is 1. The number of hydrogen-bond acceptors (Lipinski definition) is 2. The Morgan fingerprint density at radius 2 is 1.76 bits per heavy atom.